The first-order valence-corrected chi connectivity index (χ1v) is 13.0. The third-order valence-corrected chi connectivity index (χ3v) is 7.04. The first kappa shape index (κ1) is 26.3. The van der Waals surface area contributed by atoms with E-state index >= 15 is 0 Å². The van der Waals surface area contributed by atoms with Crippen LogP contribution in [0.3, 0.4) is 0 Å². The fraction of sp³-hybridized carbons (Fsp3) is 0.258. The van der Waals surface area contributed by atoms with Gasteiger partial charge in [0.05, 0.1) is 18.9 Å². The van der Waals surface area contributed by atoms with Crippen LogP contribution >= 0.6 is 11.3 Å². The van der Waals surface area contributed by atoms with Gasteiger partial charge >= 0.3 is 5.97 Å². The average Bonchev–Trinajstić information content (AvgIpc) is 3.30. The Labute approximate surface area is 221 Å². The smallest absolute Gasteiger partial charge is 0.304 e. The van der Waals surface area contributed by atoms with Crippen molar-refractivity contribution in [1.29, 1.82) is 0 Å². The van der Waals surface area contributed by atoms with Crippen molar-refractivity contribution < 1.29 is 24.1 Å². The molecule has 5 nitrogen and oxygen atoms in total. The van der Waals surface area contributed by atoms with E-state index in [1.165, 1.54) is 10.1 Å². The Bertz CT molecular complexity index is 1430. The number of carbonyl (C=O) groups is 1. The molecular formula is C31H30O5S. The largest absolute Gasteiger partial charge is 0.491 e. The Morgan fingerprint density at radius 1 is 1.05 bits per heavy atom. The number of benzene rings is 3. The summed E-state index contributed by atoms with van der Waals surface area (Å²) in [5, 5.41) is 12.5. The summed E-state index contributed by atoms with van der Waals surface area (Å²) in [6.45, 7) is 5.27. The summed E-state index contributed by atoms with van der Waals surface area (Å²) >= 11 is 1.72. The second kappa shape index (κ2) is 12.4. The van der Waals surface area contributed by atoms with Gasteiger partial charge in [0.1, 0.15) is 24.7 Å². The van der Waals surface area contributed by atoms with Crippen LogP contribution in [0.1, 0.15) is 36.0 Å². The van der Waals surface area contributed by atoms with Crippen molar-refractivity contribution in [3.63, 3.8) is 0 Å². The van der Waals surface area contributed by atoms with Crippen LogP contribution in [-0.2, 0) is 16.1 Å². The molecule has 0 saturated carbocycles. The highest BCUT2D eigenvalue weighted by molar-refractivity contribution is 7.17. The number of hydrogen-bond donors (Lipinski definition) is 1. The Balaban J connectivity index is 1.53. The van der Waals surface area contributed by atoms with Gasteiger partial charge in [-0.25, -0.2) is 0 Å². The summed E-state index contributed by atoms with van der Waals surface area (Å²) in [6.07, 6.45) is -0.0238. The van der Waals surface area contributed by atoms with Gasteiger partial charge in [-0.05, 0) is 66.2 Å². The van der Waals surface area contributed by atoms with E-state index < -0.39 is 5.97 Å². The molecule has 37 heavy (non-hydrogen) atoms. The molecule has 0 unspecified atom stereocenters. The minimum atomic E-state index is -0.865. The number of rotatable bonds is 11. The van der Waals surface area contributed by atoms with Crippen LogP contribution in [-0.4, -0.2) is 31.4 Å². The molecule has 6 heteroatoms. The average molecular weight is 515 g/mol. The first-order chi connectivity index (χ1) is 18.0. The Morgan fingerprint density at radius 2 is 1.86 bits per heavy atom. The molecule has 0 aliphatic carbocycles. The number of hydrogen-bond acceptors (Lipinski definition) is 5. The lowest BCUT2D eigenvalue weighted by Crippen LogP contribution is -2.05. The van der Waals surface area contributed by atoms with E-state index in [-0.39, 0.29) is 12.3 Å². The fourth-order valence-corrected chi connectivity index (χ4v) is 5.20. The predicted molar refractivity (Wildman–Crippen MR) is 149 cm³/mol. The molecule has 0 amide bonds. The number of fused-ring (bicyclic) bond motifs is 1. The lowest BCUT2D eigenvalue weighted by atomic mass is 9.96. The van der Waals surface area contributed by atoms with Crippen molar-refractivity contribution in [3.8, 4) is 34.5 Å². The zero-order chi connectivity index (χ0) is 26.2. The minimum absolute atomic E-state index is 0.0238. The lowest BCUT2D eigenvalue weighted by molar-refractivity contribution is -0.137. The summed E-state index contributed by atoms with van der Waals surface area (Å²) < 4.78 is 18.5. The molecule has 4 rings (SSSR count). The van der Waals surface area contributed by atoms with Crippen LogP contribution in [0, 0.1) is 18.8 Å². The predicted octanol–water partition coefficient (Wildman–Crippen LogP) is 7.06. The van der Waals surface area contributed by atoms with Crippen LogP contribution < -0.4 is 9.47 Å². The van der Waals surface area contributed by atoms with Gasteiger partial charge in [-0.1, -0.05) is 36.3 Å². The van der Waals surface area contributed by atoms with E-state index in [9.17, 15) is 4.79 Å². The van der Waals surface area contributed by atoms with E-state index in [0.29, 0.717) is 19.8 Å². The van der Waals surface area contributed by atoms with Gasteiger partial charge in [-0.15, -0.1) is 17.3 Å². The van der Waals surface area contributed by atoms with Gasteiger partial charge < -0.3 is 19.3 Å². The van der Waals surface area contributed by atoms with Crippen LogP contribution in [0.5, 0.6) is 11.5 Å². The van der Waals surface area contributed by atoms with Crippen molar-refractivity contribution in [2.75, 3.05) is 20.3 Å². The third-order valence-electron chi connectivity index (χ3n) is 6.07. The Kier molecular flexibility index (Phi) is 8.84. The van der Waals surface area contributed by atoms with Crippen molar-refractivity contribution >= 4 is 27.4 Å². The topological polar surface area (TPSA) is 65.0 Å². The highest BCUT2D eigenvalue weighted by Crippen LogP contribution is 2.41. The van der Waals surface area contributed by atoms with E-state index in [1.807, 2.05) is 36.4 Å². The molecule has 0 radical (unpaired) electrons. The molecule has 1 heterocycles. The van der Waals surface area contributed by atoms with Crippen molar-refractivity contribution in [2.45, 2.75) is 32.8 Å². The molecule has 0 bridgehead atoms. The normalized spacial score (nSPS) is 11.5. The summed E-state index contributed by atoms with van der Waals surface area (Å²) in [7, 11) is 1.67. The molecule has 1 aromatic heterocycles. The number of carboxylic acid groups (broad SMARTS) is 1. The number of thiophene rings is 1. The molecule has 3 aromatic carbocycles. The van der Waals surface area contributed by atoms with Gasteiger partial charge in [0.15, 0.2) is 0 Å². The van der Waals surface area contributed by atoms with Gasteiger partial charge in [-0.3, -0.25) is 4.79 Å². The second-order valence-electron chi connectivity index (χ2n) is 8.67. The monoisotopic (exact) mass is 514 g/mol. The molecule has 4 aromatic rings. The third kappa shape index (κ3) is 6.51. The summed E-state index contributed by atoms with van der Waals surface area (Å²) in [6, 6.07) is 20.0. The minimum Gasteiger partial charge on any atom is -0.491 e. The van der Waals surface area contributed by atoms with Crippen LogP contribution in [0.2, 0.25) is 0 Å². The summed E-state index contributed by atoms with van der Waals surface area (Å²) in [5.41, 5.74) is 5.34. The van der Waals surface area contributed by atoms with E-state index in [4.69, 9.17) is 19.3 Å². The van der Waals surface area contributed by atoms with Gasteiger partial charge in [0, 0.05) is 28.3 Å². The SMILES string of the molecule is CC#C[C@@H](CC(=O)O)c1ccc(OCc2ccc3scc(-c4c(C)cccc4OCCOC)c3c2)cc1. The maximum Gasteiger partial charge on any atom is 0.304 e. The standard InChI is InChI=1S/C31H30O5S/c1-4-6-24(18-30(32)33)23-10-12-25(13-11-23)36-19-22-9-14-29-26(17-22)27(20-37-29)31-21(2)7-5-8-28(31)35-16-15-34-3/h5,7-14,17,20,24H,15-16,18-19H2,1-3H3,(H,32,33)/t24-/m0/s1. The van der Waals surface area contributed by atoms with Crippen LogP contribution in [0.25, 0.3) is 21.2 Å². The zero-order valence-corrected chi connectivity index (χ0v) is 22.1. The maximum absolute atomic E-state index is 11.2. The number of carboxylic acids is 1. The van der Waals surface area contributed by atoms with E-state index in [0.717, 1.165) is 39.3 Å². The molecular weight excluding hydrogens is 484 g/mol. The fourth-order valence-electron chi connectivity index (χ4n) is 4.26. The molecule has 0 aliphatic heterocycles. The molecule has 0 spiro atoms. The number of methoxy groups -OCH3 is 1. The highest BCUT2D eigenvalue weighted by atomic mass is 32.1. The van der Waals surface area contributed by atoms with Gasteiger partial charge in [0.2, 0.25) is 0 Å². The lowest BCUT2D eigenvalue weighted by Gasteiger charge is -2.14. The molecule has 0 saturated heterocycles. The Hall–Kier alpha value is -3.79. The van der Waals surface area contributed by atoms with E-state index in [1.54, 1.807) is 25.4 Å². The number of ether oxygens (including phenoxy) is 3. The Morgan fingerprint density at radius 3 is 2.59 bits per heavy atom. The van der Waals surface area contributed by atoms with Crippen molar-refractivity contribution in [2.24, 2.45) is 0 Å². The molecule has 0 fully saturated rings. The number of aryl methyl sites for hydroxylation is 1. The van der Waals surface area contributed by atoms with Crippen molar-refractivity contribution in [3.05, 3.63) is 82.7 Å². The molecule has 190 valence electrons. The second-order valence-corrected chi connectivity index (χ2v) is 9.58. The first-order valence-electron chi connectivity index (χ1n) is 12.1. The zero-order valence-electron chi connectivity index (χ0n) is 21.2. The molecule has 1 atom stereocenters. The van der Waals surface area contributed by atoms with Gasteiger partial charge in [0.25, 0.3) is 0 Å². The maximum atomic E-state index is 11.2. The molecule has 1 N–H and O–H groups in total. The summed E-state index contributed by atoms with van der Waals surface area (Å²) in [5.74, 6) is 6.18. The van der Waals surface area contributed by atoms with Gasteiger partial charge in [-0.2, -0.15) is 0 Å². The van der Waals surface area contributed by atoms with E-state index in [2.05, 4.69) is 48.4 Å². The van der Waals surface area contributed by atoms with Crippen LogP contribution in [0.15, 0.2) is 66.0 Å². The molecule has 0 aliphatic rings. The van der Waals surface area contributed by atoms with Crippen molar-refractivity contribution in [1.82, 2.24) is 0 Å². The summed E-state index contributed by atoms with van der Waals surface area (Å²) in [4.78, 5) is 11.2. The quantitative estimate of drug-likeness (QED) is 0.171. The number of aliphatic carboxylic acids is 1. The van der Waals surface area contributed by atoms with Crippen LogP contribution in [0.4, 0.5) is 0 Å². The highest BCUT2D eigenvalue weighted by Gasteiger charge is 2.16.